The largest absolute Gasteiger partial charge is 0.377 e. The Morgan fingerprint density at radius 1 is 0.833 bits per heavy atom. The third-order valence-electron chi connectivity index (χ3n) is 5.41. The minimum Gasteiger partial charge on any atom is -0.377 e. The number of hydrogen-bond acceptors (Lipinski definition) is 5. The van der Waals surface area contributed by atoms with E-state index in [1.807, 2.05) is 30.3 Å². The molecule has 0 unspecified atom stereocenters. The van der Waals surface area contributed by atoms with Crippen LogP contribution in [0.3, 0.4) is 0 Å². The van der Waals surface area contributed by atoms with Gasteiger partial charge in [0.1, 0.15) is 6.33 Å². The first-order chi connectivity index (χ1) is 14.9. The van der Waals surface area contributed by atoms with Gasteiger partial charge >= 0.3 is 0 Å². The highest BCUT2D eigenvalue weighted by atomic mass is 16.5. The highest BCUT2D eigenvalue weighted by molar-refractivity contribution is 5.82. The van der Waals surface area contributed by atoms with Gasteiger partial charge in [0.05, 0.1) is 32.1 Å². The van der Waals surface area contributed by atoms with Crippen molar-refractivity contribution in [3.8, 4) is 5.69 Å². The molecule has 0 amide bonds. The summed E-state index contributed by atoms with van der Waals surface area (Å²) in [7, 11) is 0. The van der Waals surface area contributed by atoms with Crippen molar-refractivity contribution in [3.05, 3.63) is 78.1 Å². The number of nitrogens with zero attached hydrogens (tertiary/aromatic N) is 3. The molecule has 0 saturated heterocycles. The van der Waals surface area contributed by atoms with Crippen molar-refractivity contribution in [2.24, 2.45) is 0 Å². The average Bonchev–Trinajstić information content (AvgIpc) is 3.29. The summed E-state index contributed by atoms with van der Waals surface area (Å²) in [5, 5.41) is 7.92. The summed E-state index contributed by atoms with van der Waals surface area (Å²) in [5.74, 6) is 0.573. The zero-order chi connectivity index (χ0) is 20.2. The van der Waals surface area contributed by atoms with Gasteiger partial charge in [-0.25, -0.2) is 4.68 Å². The van der Waals surface area contributed by atoms with E-state index >= 15 is 0 Å². The Hall–Kier alpha value is -3.22. The Labute approximate surface area is 175 Å². The van der Waals surface area contributed by atoms with Crippen molar-refractivity contribution < 1.29 is 9.47 Å². The SMILES string of the molecule is C1=C(c2ccc(Nc3ncn(-c4ccccc4)n3)cc2C2=CCOCC2)CCOC1. The van der Waals surface area contributed by atoms with Gasteiger partial charge in [-0.3, -0.25) is 0 Å². The molecule has 30 heavy (non-hydrogen) atoms. The van der Waals surface area contributed by atoms with Crippen LogP contribution in [0.5, 0.6) is 0 Å². The number of aromatic nitrogens is 3. The molecular weight excluding hydrogens is 376 g/mol. The fourth-order valence-corrected chi connectivity index (χ4v) is 3.87. The van der Waals surface area contributed by atoms with Crippen LogP contribution in [0, 0.1) is 0 Å². The summed E-state index contributed by atoms with van der Waals surface area (Å²) in [5.41, 5.74) is 7.16. The standard InChI is InChI=1S/C24H24N4O2/c1-2-4-21(5-3-1)28-17-25-24(27-28)26-20-6-7-22(18-8-12-29-13-9-18)23(16-20)19-10-14-30-15-11-19/h1-8,10,16-17H,9,11-15H2,(H,26,27). The summed E-state index contributed by atoms with van der Waals surface area (Å²) in [6.45, 7) is 2.87. The Bertz CT molecular complexity index is 1090. The fourth-order valence-electron chi connectivity index (χ4n) is 3.87. The molecule has 0 spiro atoms. The topological polar surface area (TPSA) is 61.2 Å². The van der Waals surface area contributed by atoms with Crippen LogP contribution in [-0.4, -0.2) is 41.2 Å². The number of rotatable bonds is 5. The predicted molar refractivity (Wildman–Crippen MR) is 118 cm³/mol. The van der Waals surface area contributed by atoms with Gasteiger partial charge in [-0.1, -0.05) is 36.4 Å². The molecule has 2 aliphatic heterocycles. The van der Waals surface area contributed by atoms with E-state index in [0.29, 0.717) is 19.2 Å². The highest BCUT2D eigenvalue weighted by Crippen LogP contribution is 2.34. The molecule has 2 aromatic carbocycles. The van der Waals surface area contributed by atoms with Gasteiger partial charge in [-0.15, -0.1) is 5.10 Å². The van der Waals surface area contributed by atoms with Gasteiger partial charge in [-0.2, -0.15) is 4.98 Å². The number of hydrogen-bond donors (Lipinski definition) is 1. The molecule has 5 rings (SSSR count). The summed E-state index contributed by atoms with van der Waals surface area (Å²) < 4.78 is 12.8. The first-order valence-corrected chi connectivity index (χ1v) is 10.3. The molecule has 6 nitrogen and oxygen atoms in total. The number of anilines is 2. The van der Waals surface area contributed by atoms with Crippen LogP contribution in [0.15, 0.2) is 67.0 Å². The van der Waals surface area contributed by atoms with E-state index < -0.39 is 0 Å². The summed E-state index contributed by atoms with van der Waals surface area (Å²) in [4.78, 5) is 4.42. The van der Waals surface area contributed by atoms with E-state index in [-0.39, 0.29) is 0 Å². The first-order valence-electron chi connectivity index (χ1n) is 10.3. The van der Waals surface area contributed by atoms with Gasteiger partial charge in [0, 0.05) is 5.69 Å². The summed E-state index contributed by atoms with van der Waals surface area (Å²) in [6, 6.07) is 16.5. The molecular formula is C24H24N4O2. The van der Waals surface area contributed by atoms with Crippen LogP contribution in [0.25, 0.3) is 16.8 Å². The van der Waals surface area contributed by atoms with Gasteiger partial charge in [0.25, 0.3) is 0 Å². The fraction of sp³-hybridized carbons (Fsp3) is 0.250. The van der Waals surface area contributed by atoms with Crippen LogP contribution < -0.4 is 5.32 Å². The maximum Gasteiger partial charge on any atom is 0.246 e. The van der Waals surface area contributed by atoms with Gasteiger partial charge in [0.15, 0.2) is 0 Å². The Balaban J connectivity index is 1.45. The Kier molecular flexibility index (Phi) is 5.42. The number of ether oxygens (including phenoxy) is 2. The number of nitrogens with one attached hydrogen (secondary N) is 1. The molecule has 0 saturated carbocycles. The van der Waals surface area contributed by atoms with Crippen LogP contribution in [0.1, 0.15) is 24.0 Å². The van der Waals surface area contributed by atoms with E-state index in [2.05, 4.69) is 45.8 Å². The Morgan fingerprint density at radius 3 is 2.27 bits per heavy atom. The zero-order valence-corrected chi connectivity index (χ0v) is 16.8. The number of benzene rings is 2. The first kappa shape index (κ1) is 18.8. The predicted octanol–water partition coefficient (Wildman–Crippen LogP) is 4.62. The van der Waals surface area contributed by atoms with Crippen molar-refractivity contribution >= 4 is 22.8 Å². The molecule has 3 aromatic rings. The van der Waals surface area contributed by atoms with Crippen LogP contribution in [-0.2, 0) is 9.47 Å². The van der Waals surface area contributed by atoms with E-state index in [1.54, 1.807) is 11.0 Å². The lowest BCUT2D eigenvalue weighted by Gasteiger charge is -2.21. The van der Waals surface area contributed by atoms with Gasteiger partial charge in [-0.05, 0) is 59.4 Å². The minimum absolute atomic E-state index is 0.573. The quantitative estimate of drug-likeness (QED) is 0.677. The number of para-hydroxylation sites is 1. The van der Waals surface area contributed by atoms with Crippen molar-refractivity contribution in [2.45, 2.75) is 12.8 Å². The second-order valence-electron chi connectivity index (χ2n) is 7.34. The van der Waals surface area contributed by atoms with Crippen LogP contribution in [0.4, 0.5) is 11.6 Å². The molecule has 0 radical (unpaired) electrons. The van der Waals surface area contributed by atoms with E-state index in [9.17, 15) is 0 Å². The third kappa shape index (κ3) is 4.06. The van der Waals surface area contributed by atoms with Crippen molar-refractivity contribution in [1.82, 2.24) is 14.8 Å². The van der Waals surface area contributed by atoms with Gasteiger partial charge < -0.3 is 14.8 Å². The second kappa shape index (κ2) is 8.65. The van der Waals surface area contributed by atoms with E-state index in [0.717, 1.165) is 37.4 Å². The lowest BCUT2D eigenvalue weighted by Crippen LogP contribution is -2.09. The lowest BCUT2D eigenvalue weighted by atomic mass is 9.90. The molecule has 3 heterocycles. The van der Waals surface area contributed by atoms with Crippen LogP contribution >= 0.6 is 0 Å². The monoisotopic (exact) mass is 400 g/mol. The summed E-state index contributed by atoms with van der Waals surface area (Å²) >= 11 is 0. The molecule has 6 heteroatoms. The van der Waals surface area contributed by atoms with Crippen LogP contribution in [0.2, 0.25) is 0 Å². The Morgan fingerprint density at radius 2 is 1.57 bits per heavy atom. The van der Waals surface area contributed by atoms with Gasteiger partial charge in [0.2, 0.25) is 5.95 Å². The highest BCUT2D eigenvalue weighted by Gasteiger charge is 2.16. The normalized spacial score (nSPS) is 16.7. The maximum atomic E-state index is 5.53. The van der Waals surface area contributed by atoms with Crippen molar-refractivity contribution in [1.29, 1.82) is 0 Å². The van der Waals surface area contributed by atoms with E-state index in [1.165, 1.54) is 22.3 Å². The molecule has 1 N–H and O–H groups in total. The summed E-state index contributed by atoms with van der Waals surface area (Å²) in [6.07, 6.45) is 7.96. The average molecular weight is 400 g/mol. The smallest absolute Gasteiger partial charge is 0.246 e. The molecule has 0 bridgehead atoms. The molecule has 0 fully saturated rings. The van der Waals surface area contributed by atoms with E-state index in [4.69, 9.17) is 9.47 Å². The maximum absolute atomic E-state index is 5.53. The van der Waals surface area contributed by atoms with Crippen molar-refractivity contribution in [3.63, 3.8) is 0 Å². The third-order valence-corrected chi connectivity index (χ3v) is 5.41. The van der Waals surface area contributed by atoms with Crippen molar-refractivity contribution in [2.75, 3.05) is 31.7 Å². The second-order valence-corrected chi connectivity index (χ2v) is 7.34. The molecule has 152 valence electrons. The molecule has 0 aliphatic carbocycles. The minimum atomic E-state index is 0.573. The molecule has 1 aromatic heterocycles. The zero-order valence-electron chi connectivity index (χ0n) is 16.8. The molecule has 2 aliphatic rings. The molecule has 0 atom stereocenters. The lowest BCUT2D eigenvalue weighted by molar-refractivity contribution is 0.161.